The topological polar surface area (TPSA) is 8.17 Å². The summed E-state index contributed by atoms with van der Waals surface area (Å²) in [5, 5.41) is 7.55. The van der Waals surface area contributed by atoms with E-state index in [1.807, 2.05) is 0 Å². The van der Waals surface area contributed by atoms with Crippen molar-refractivity contribution >= 4 is 60.4 Å². The highest BCUT2D eigenvalue weighted by molar-refractivity contribution is 6.32. The van der Waals surface area contributed by atoms with E-state index in [0.29, 0.717) is 0 Å². The lowest BCUT2D eigenvalue weighted by atomic mass is 9.67. The number of anilines is 3. The third-order valence-corrected chi connectivity index (χ3v) is 15.0. The fourth-order valence-corrected chi connectivity index (χ4v) is 12.0. The number of benzene rings is 12. The maximum absolute atomic E-state index is 2.48. The molecule has 0 aliphatic heterocycles. The van der Waals surface area contributed by atoms with Gasteiger partial charge in [-0.15, -0.1) is 0 Å². The first-order valence-electron chi connectivity index (χ1n) is 24.6. The molecule has 0 amide bonds. The molecule has 0 fully saturated rings. The Morgan fingerprint density at radius 1 is 0.296 bits per heavy atom. The van der Waals surface area contributed by atoms with Crippen molar-refractivity contribution in [3.8, 4) is 39.1 Å². The van der Waals surface area contributed by atoms with Gasteiger partial charge in [-0.3, -0.25) is 0 Å². The van der Waals surface area contributed by atoms with Crippen molar-refractivity contribution < 1.29 is 0 Å². The third-order valence-electron chi connectivity index (χ3n) is 15.0. The number of hydrogen-bond acceptors (Lipinski definition) is 1. The van der Waals surface area contributed by atoms with Crippen LogP contribution in [0.25, 0.3) is 82.4 Å². The summed E-state index contributed by atoms with van der Waals surface area (Å²) < 4.78 is 2.48. The van der Waals surface area contributed by atoms with Crippen LogP contribution in [0.5, 0.6) is 0 Å². The van der Waals surface area contributed by atoms with Gasteiger partial charge in [0.2, 0.25) is 0 Å². The van der Waals surface area contributed by atoms with Crippen LogP contribution in [0.3, 0.4) is 0 Å². The fourth-order valence-electron chi connectivity index (χ4n) is 12.0. The van der Waals surface area contributed by atoms with Crippen LogP contribution in [0.2, 0.25) is 0 Å². The standard InChI is InChI=1S/C69H46N2/c1-5-19-47(20-6-1)48-33-40-55(41-34-48)71-66-44-37-50(45-63(66)67-61-30-15-13-27-57(61)58-28-14-16-31-62(58)68(67)71)49-35-38-54(39-36-49)70(53-25-11-4-12-26-53)56-42-43-60-59-29-17-18-32-64(59)69(65(60)46-56,51-21-7-2-8-22-51)52-23-9-3-10-24-52/h1-46H. The first-order chi connectivity index (χ1) is 35.2. The predicted octanol–water partition coefficient (Wildman–Crippen LogP) is 18.3. The number of aromatic nitrogens is 1. The Morgan fingerprint density at radius 2 is 0.775 bits per heavy atom. The molecule has 14 rings (SSSR count). The van der Waals surface area contributed by atoms with Crippen molar-refractivity contribution in [1.29, 1.82) is 0 Å². The summed E-state index contributed by atoms with van der Waals surface area (Å²) in [7, 11) is 0. The minimum Gasteiger partial charge on any atom is -0.310 e. The largest absolute Gasteiger partial charge is 0.310 e. The summed E-state index contributed by atoms with van der Waals surface area (Å²) in [6.07, 6.45) is 0. The lowest BCUT2D eigenvalue weighted by Gasteiger charge is -2.35. The summed E-state index contributed by atoms with van der Waals surface area (Å²) in [5.41, 5.74) is 18.8. The van der Waals surface area contributed by atoms with E-state index >= 15 is 0 Å². The van der Waals surface area contributed by atoms with Crippen LogP contribution in [-0.2, 0) is 5.41 Å². The fraction of sp³-hybridized carbons (Fsp3) is 0.0145. The third kappa shape index (κ3) is 6.35. The van der Waals surface area contributed by atoms with E-state index in [2.05, 4.69) is 289 Å². The quantitative estimate of drug-likeness (QED) is 0.138. The molecule has 0 N–H and O–H groups in total. The molecule has 1 aliphatic rings. The minimum absolute atomic E-state index is 0.498. The number of nitrogens with zero attached hydrogens (tertiary/aromatic N) is 2. The molecule has 1 aliphatic carbocycles. The molecule has 0 radical (unpaired) electrons. The van der Waals surface area contributed by atoms with E-state index in [1.54, 1.807) is 0 Å². The van der Waals surface area contributed by atoms with E-state index in [9.17, 15) is 0 Å². The highest BCUT2D eigenvalue weighted by atomic mass is 15.1. The molecular formula is C69H46N2. The molecule has 0 atom stereocenters. The highest BCUT2D eigenvalue weighted by Crippen LogP contribution is 2.57. The van der Waals surface area contributed by atoms with Gasteiger partial charge in [0.25, 0.3) is 0 Å². The van der Waals surface area contributed by atoms with Crippen LogP contribution in [0.4, 0.5) is 17.1 Å². The van der Waals surface area contributed by atoms with Gasteiger partial charge in [0.05, 0.1) is 16.4 Å². The van der Waals surface area contributed by atoms with Crippen molar-refractivity contribution in [3.05, 3.63) is 301 Å². The summed E-state index contributed by atoms with van der Waals surface area (Å²) in [5.74, 6) is 0. The molecule has 0 bridgehead atoms. The van der Waals surface area contributed by atoms with Gasteiger partial charge in [-0.2, -0.15) is 0 Å². The van der Waals surface area contributed by atoms with Crippen LogP contribution in [0.1, 0.15) is 22.3 Å². The van der Waals surface area contributed by atoms with Gasteiger partial charge in [-0.25, -0.2) is 0 Å². The van der Waals surface area contributed by atoms with E-state index in [4.69, 9.17) is 0 Å². The monoisotopic (exact) mass is 902 g/mol. The molecule has 0 saturated heterocycles. The normalized spacial score (nSPS) is 12.6. The molecule has 71 heavy (non-hydrogen) atoms. The van der Waals surface area contributed by atoms with E-state index in [1.165, 1.54) is 99.0 Å². The zero-order valence-electron chi connectivity index (χ0n) is 39.0. The molecule has 2 heteroatoms. The molecule has 12 aromatic carbocycles. The second-order valence-electron chi connectivity index (χ2n) is 18.8. The van der Waals surface area contributed by atoms with Crippen molar-refractivity contribution in [2.45, 2.75) is 5.41 Å². The summed E-state index contributed by atoms with van der Waals surface area (Å²) >= 11 is 0. The van der Waals surface area contributed by atoms with Crippen LogP contribution in [0, 0.1) is 0 Å². The van der Waals surface area contributed by atoms with Gasteiger partial charge in [0.1, 0.15) is 0 Å². The van der Waals surface area contributed by atoms with Crippen molar-refractivity contribution in [2.75, 3.05) is 4.90 Å². The van der Waals surface area contributed by atoms with Crippen LogP contribution < -0.4 is 4.90 Å². The summed E-state index contributed by atoms with van der Waals surface area (Å²) in [6, 6.07) is 103. The van der Waals surface area contributed by atoms with Crippen molar-refractivity contribution in [2.24, 2.45) is 0 Å². The lowest BCUT2D eigenvalue weighted by molar-refractivity contribution is 0.768. The highest BCUT2D eigenvalue weighted by Gasteiger charge is 2.46. The van der Waals surface area contributed by atoms with Crippen LogP contribution in [0.15, 0.2) is 279 Å². The summed E-state index contributed by atoms with van der Waals surface area (Å²) in [4.78, 5) is 2.41. The van der Waals surface area contributed by atoms with E-state index < -0.39 is 5.41 Å². The Hall–Kier alpha value is -9.24. The first kappa shape index (κ1) is 40.8. The number of fused-ring (bicyclic) bond motifs is 11. The van der Waals surface area contributed by atoms with Gasteiger partial charge >= 0.3 is 0 Å². The van der Waals surface area contributed by atoms with Gasteiger partial charge in [-0.1, -0.05) is 218 Å². The average Bonchev–Trinajstić information content (AvgIpc) is 3.96. The summed E-state index contributed by atoms with van der Waals surface area (Å²) in [6.45, 7) is 0. The smallest absolute Gasteiger partial charge is 0.0714 e. The average molecular weight is 903 g/mol. The Labute approximate surface area is 413 Å². The second-order valence-corrected chi connectivity index (χ2v) is 18.8. The van der Waals surface area contributed by atoms with Crippen LogP contribution in [-0.4, -0.2) is 4.57 Å². The molecule has 2 nitrogen and oxygen atoms in total. The van der Waals surface area contributed by atoms with Crippen LogP contribution >= 0.6 is 0 Å². The number of para-hydroxylation sites is 1. The zero-order chi connectivity index (χ0) is 46.9. The molecule has 1 heterocycles. The molecular weight excluding hydrogens is 857 g/mol. The predicted molar refractivity (Wildman–Crippen MR) is 299 cm³/mol. The molecule has 0 saturated carbocycles. The molecule has 332 valence electrons. The Kier molecular flexibility index (Phi) is 9.47. The molecule has 1 aromatic heterocycles. The Balaban J connectivity index is 0.924. The maximum atomic E-state index is 2.48. The number of rotatable bonds is 8. The maximum Gasteiger partial charge on any atom is 0.0714 e. The molecule has 0 unspecified atom stereocenters. The number of hydrogen-bond donors (Lipinski definition) is 0. The van der Waals surface area contributed by atoms with E-state index in [0.717, 1.165) is 22.7 Å². The van der Waals surface area contributed by atoms with Gasteiger partial charge in [-0.05, 0) is 132 Å². The van der Waals surface area contributed by atoms with Gasteiger partial charge < -0.3 is 9.47 Å². The molecule has 0 spiro atoms. The molecule has 13 aromatic rings. The minimum atomic E-state index is -0.498. The lowest BCUT2D eigenvalue weighted by Crippen LogP contribution is -2.28. The van der Waals surface area contributed by atoms with Gasteiger partial charge in [0.15, 0.2) is 0 Å². The van der Waals surface area contributed by atoms with E-state index in [-0.39, 0.29) is 0 Å². The second kappa shape index (κ2) is 16.5. The SMILES string of the molecule is c1ccc(-c2ccc(-n3c4ccc(-c5ccc(N(c6ccccc6)c6ccc7c(c6)C(c6ccccc6)(c6ccccc6)c6ccccc6-7)cc5)cc4c4c5ccccc5c5ccccc5c43)cc2)cc1. The van der Waals surface area contributed by atoms with Crippen molar-refractivity contribution in [3.63, 3.8) is 0 Å². The Morgan fingerprint density at radius 3 is 1.46 bits per heavy atom. The first-order valence-corrected chi connectivity index (χ1v) is 24.6. The zero-order valence-corrected chi connectivity index (χ0v) is 39.0. The van der Waals surface area contributed by atoms with Crippen molar-refractivity contribution in [1.82, 2.24) is 4.57 Å². The van der Waals surface area contributed by atoms with Gasteiger partial charge in [0, 0.05) is 38.9 Å². The Bertz CT molecular complexity index is 4080.